The van der Waals surface area contributed by atoms with Crippen molar-refractivity contribution in [2.24, 2.45) is 0 Å². The summed E-state index contributed by atoms with van der Waals surface area (Å²) >= 11 is 0. The molecule has 3 aromatic rings. The Morgan fingerprint density at radius 3 is 2.69 bits per heavy atom. The fourth-order valence-corrected chi connectivity index (χ4v) is 3.78. The lowest BCUT2D eigenvalue weighted by molar-refractivity contribution is -0.0299. The first-order valence-corrected chi connectivity index (χ1v) is 10.2. The Morgan fingerprint density at radius 1 is 1.21 bits per heavy atom. The number of ether oxygens (including phenoxy) is 1. The van der Waals surface area contributed by atoms with Gasteiger partial charge in [-0.25, -0.2) is 15.0 Å². The summed E-state index contributed by atoms with van der Waals surface area (Å²) in [6.07, 6.45) is -0.758. The van der Waals surface area contributed by atoms with Crippen LogP contribution >= 0.6 is 0 Å². The van der Waals surface area contributed by atoms with Crippen LogP contribution in [0, 0.1) is 0 Å². The summed E-state index contributed by atoms with van der Waals surface area (Å²) in [6, 6.07) is 5.87. The number of anilines is 1. The van der Waals surface area contributed by atoms with E-state index in [1.165, 1.54) is 35.4 Å². The molecule has 12 heteroatoms. The fraction of sp³-hybridized carbons (Fsp3) is 0.353. The second-order valence-electron chi connectivity index (χ2n) is 6.74. The van der Waals surface area contributed by atoms with Gasteiger partial charge in [-0.05, 0) is 24.6 Å². The Morgan fingerprint density at radius 2 is 2.00 bits per heavy atom. The first-order chi connectivity index (χ1) is 13.8. The summed E-state index contributed by atoms with van der Waals surface area (Å²) in [5.41, 5.74) is 1.43. The number of hydrogen-bond acceptors (Lipinski definition) is 9. The smallest absolute Gasteiger partial charge is 0.294 e. The number of rotatable bonds is 5. The Balaban J connectivity index is 1.59. The second-order valence-corrected chi connectivity index (χ2v) is 8.16. The van der Waals surface area contributed by atoms with E-state index in [1.807, 2.05) is 0 Å². The normalized spacial score (nSPS) is 24.8. The average molecular weight is 421 g/mol. The number of aliphatic hydroxyl groups is 2. The standard InChI is InChI=1S/C17H19N5O6S/c1-9-13(23)14(24)17(28-9)22-8-21-12-15(19-7-20-16(12)22)18-6-10-3-2-4-11(5-10)29(25,26)27/h2-5,7-9,13-14,17,23-24H,6H2,1H3,(H,18,19,20)(H,25,26,27). The first-order valence-electron chi connectivity index (χ1n) is 8.75. The van der Waals surface area contributed by atoms with Crippen molar-refractivity contribution in [3.63, 3.8) is 0 Å². The molecule has 0 saturated carbocycles. The molecule has 1 fully saturated rings. The number of imidazole rings is 1. The van der Waals surface area contributed by atoms with E-state index >= 15 is 0 Å². The number of aromatic nitrogens is 4. The van der Waals surface area contributed by atoms with Crippen LogP contribution in [0.2, 0.25) is 0 Å². The molecule has 1 aliphatic heterocycles. The molecular weight excluding hydrogens is 402 g/mol. The SMILES string of the molecule is CC1OC(n2cnc3c(NCc4cccc(S(=O)(=O)O)c4)ncnc32)C(O)C1O. The number of benzene rings is 1. The van der Waals surface area contributed by atoms with Crippen LogP contribution in [-0.2, 0) is 21.4 Å². The molecule has 0 aliphatic carbocycles. The zero-order chi connectivity index (χ0) is 20.8. The molecule has 0 radical (unpaired) electrons. The van der Waals surface area contributed by atoms with Gasteiger partial charge in [0.1, 0.15) is 18.5 Å². The van der Waals surface area contributed by atoms with Crippen molar-refractivity contribution in [2.75, 3.05) is 5.32 Å². The van der Waals surface area contributed by atoms with E-state index < -0.39 is 34.7 Å². The van der Waals surface area contributed by atoms with Crippen LogP contribution in [0.15, 0.2) is 41.8 Å². The van der Waals surface area contributed by atoms with Crippen molar-refractivity contribution in [1.82, 2.24) is 19.5 Å². The molecule has 4 rings (SSSR count). The predicted octanol–water partition coefficient (Wildman–Crippen LogP) is 0.324. The number of hydrogen-bond donors (Lipinski definition) is 4. The molecular formula is C17H19N5O6S. The van der Waals surface area contributed by atoms with Gasteiger partial charge in [0, 0.05) is 6.54 Å². The number of fused-ring (bicyclic) bond motifs is 1. The van der Waals surface area contributed by atoms with Crippen LogP contribution in [0.25, 0.3) is 11.2 Å². The maximum absolute atomic E-state index is 11.3. The molecule has 29 heavy (non-hydrogen) atoms. The minimum absolute atomic E-state index is 0.200. The van der Waals surface area contributed by atoms with Crippen LogP contribution < -0.4 is 5.32 Å². The molecule has 4 unspecified atom stereocenters. The van der Waals surface area contributed by atoms with E-state index in [0.29, 0.717) is 22.5 Å². The minimum Gasteiger partial charge on any atom is -0.388 e. The van der Waals surface area contributed by atoms with E-state index in [1.54, 1.807) is 13.0 Å². The van der Waals surface area contributed by atoms with Gasteiger partial charge in [-0.1, -0.05) is 12.1 Å². The molecule has 1 aromatic carbocycles. The largest absolute Gasteiger partial charge is 0.388 e. The summed E-state index contributed by atoms with van der Waals surface area (Å²) in [6.45, 7) is 1.89. The molecule has 1 saturated heterocycles. The lowest BCUT2D eigenvalue weighted by Crippen LogP contribution is -2.30. The highest BCUT2D eigenvalue weighted by atomic mass is 32.2. The van der Waals surface area contributed by atoms with Gasteiger partial charge in [-0.2, -0.15) is 8.42 Å². The quantitative estimate of drug-likeness (QED) is 0.423. The van der Waals surface area contributed by atoms with Crippen LogP contribution in [0.4, 0.5) is 5.82 Å². The van der Waals surface area contributed by atoms with Crippen LogP contribution in [-0.4, -0.2) is 61.0 Å². The maximum Gasteiger partial charge on any atom is 0.294 e. The maximum atomic E-state index is 11.3. The van der Waals surface area contributed by atoms with Gasteiger partial charge in [0.2, 0.25) is 0 Å². The molecule has 0 spiro atoms. The van der Waals surface area contributed by atoms with E-state index in [2.05, 4.69) is 20.3 Å². The number of nitrogens with one attached hydrogen (secondary N) is 1. The predicted molar refractivity (Wildman–Crippen MR) is 101 cm³/mol. The summed E-state index contributed by atoms with van der Waals surface area (Å²) in [5, 5.41) is 23.2. The summed E-state index contributed by atoms with van der Waals surface area (Å²) in [5.74, 6) is 0.395. The van der Waals surface area contributed by atoms with Gasteiger partial charge >= 0.3 is 0 Å². The van der Waals surface area contributed by atoms with Gasteiger partial charge < -0.3 is 20.3 Å². The molecule has 2 aromatic heterocycles. The fourth-order valence-electron chi connectivity index (χ4n) is 3.23. The van der Waals surface area contributed by atoms with Crippen LogP contribution in [0.3, 0.4) is 0 Å². The van der Waals surface area contributed by atoms with Gasteiger partial charge in [0.05, 0.1) is 17.3 Å². The Hall–Kier alpha value is -2.64. The second kappa shape index (κ2) is 7.31. The molecule has 154 valence electrons. The third kappa shape index (κ3) is 3.68. The number of aliphatic hydroxyl groups excluding tert-OH is 2. The highest BCUT2D eigenvalue weighted by Gasteiger charge is 2.42. The highest BCUT2D eigenvalue weighted by Crippen LogP contribution is 2.32. The Bertz CT molecular complexity index is 1150. The molecule has 4 atom stereocenters. The van der Waals surface area contributed by atoms with Crippen molar-refractivity contribution >= 4 is 27.1 Å². The third-order valence-electron chi connectivity index (χ3n) is 4.77. The van der Waals surface area contributed by atoms with Crippen molar-refractivity contribution in [2.45, 2.75) is 42.9 Å². The molecule has 1 aliphatic rings. The van der Waals surface area contributed by atoms with Crippen LogP contribution in [0.5, 0.6) is 0 Å². The van der Waals surface area contributed by atoms with Gasteiger partial charge in [0.15, 0.2) is 23.2 Å². The van der Waals surface area contributed by atoms with E-state index in [-0.39, 0.29) is 11.4 Å². The third-order valence-corrected chi connectivity index (χ3v) is 5.62. The topological polar surface area (TPSA) is 160 Å². The molecule has 3 heterocycles. The van der Waals surface area contributed by atoms with Crippen molar-refractivity contribution in [3.05, 3.63) is 42.5 Å². The first kappa shape index (κ1) is 19.7. The highest BCUT2D eigenvalue weighted by molar-refractivity contribution is 7.85. The molecule has 0 bridgehead atoms. The van der Waals surface area contributed by atoms with Gasteiger partial charge in [-0.15, -0.1) is 0 Å². The summed E-state index contributed by atoms with van der Waals surface area (Å²) in [7, 11) is -4.29. The van der Waals surface area contributed by atoms with Crippen LogP contribution in [0.1, 0.15) is 18.7 Å². The lowest BCUT2D eigenvalue weighted by atomic mass is 10.1. The zero-order valence-electron chi connectivity index (χ0n) is 15.2. The Kier molecular flexibility index (Phi) is 4.96. The van der Waals surface area contributed by atoms with Crippen molar-refractivity contribution < 1.29 is 27.9 Å². The summed E-state index contributed by atoms with van der Waals surface area (Å²) in [4.78, 5) is 12.4. The molecule has 0 amide bonds. The molecule has 11 nitrogen and oxygen atoms in total. The minimum atomic E-state index is -4.29. The molecule has 4 N–H and O–H groups in total. The monoisotopic (exact) mass is 421 g/mol. The average Bonchev–Trinajstić information content (AvgIpc) is 3.23. The van der Waals surface area contributed by atoms with E-state index in [4.69, 9.17) is 4.74 Å². The lowest BCUT2D eigenvalue weighted by Gasteiger charge is -2.16. The summed E-state index contributed by atoms with van der Waals surface area (Å²) < 4.78 is 38.9. The van der Waals surface area contributed by atoms with Crippen molar-refractivity contribution in [1.29, 1.82) is 0 Å². The number of nitrogens with zero attached hydrogens (tertiary/aromatic N) is 4. The van der Waals surface area contributed by atoms with Gasteiger partial charge in [0.25, 0.3) is 10.1 Å². The zero-order valence-corrected chi connectivity index (χ0v) is 16.1. The Labute approximate surface area is 165 Å². The van der Waals surface area contributed by atoms with Crippen molar-refractivity contribution in [3.8, 4) is 0 Å². The van der Waals surface area contributed by atoms with E-state index in [9.17, 15) is 23.2 Å². The van der Waals surface area contributed by atoms with E-state index in [0.717, 1.165) is 0 Å². The van der Waals surface area contributed by atoms with Gasteiger partial charge in [-0.3, -0.25) is 9.12 Å².